The smallest absolute Gasteiger partial charge is 0.244 e. The maximum Gasteiger partial charge on any atom is 0.244 e. The van der Waals surface area contributed by atoms with Crippen molar-refractivity contribution in [3.63, 3.8) is 0 Å². The van der Waals surface area contributed by atoms with Crippen molar-refractivity contribution in [2.45, 2.75) is 37.1 Å². The molecule has 0 saturated heterocycles. The van der Waals surface area contributed by atoms with Gasteiger partial charge in [-0.1, -0.05) is 29.3 Å². The van der Waals surface area contributed by atoms with E-state index in [1.165, 1.54) is 28.8 Å². The number of amides is 1. The molecular weight excluding hydrogens is 493 g/mol. The van der Waals surface area contributed by atoms with Crippen molar-refractivity contribution in [3.8, 4) is 0 Å². The van der Waals surface area contributed by atoms with Crippen LogP contribution in [0.3, 0.4) is 0 Å². The number of carbonyl (C=O) groups excluding carboxylic acids is 1. The van der Waals surface area contributed by atoms with Crippen LogP contribution in [-0.2, 0) is 21.2 Å². The Morgan fingerprint density at radius 2 is 1.80 bits per heavy atom. The summed E-state index contributed by atoms with van der Waals surface area (Å²) in [5, 5.41) is 2.50. The Labute approximate surface area is 206 Å². The average Bonchev–Trinajstić information content (AvgIpc) is 2.77. The lowest BCUT2D eigenvalue weighted by atomic mass is 10.2. The monoisotopic (exact) mass is 513 g/mol. The van der Waals surface area contributed by atoms with Crippen molar-refractivity contribution >= 4 is 44.1 Å². The minimum Gasteiger partial charge on any atom is -0.324 e. The summed E-state index contributed by atoms with van der Waals surface area (Å²) in [6.07, 6.45) is 1.14. The summed E-state index contributed by atoms with van der Waals surface area (Å²) in [5.41, 5.74) is 1.70. The van der Waals surface area contributed by atoms with E-state index in [-0.39, 0.29) is 33.2 Å². The van der Waals surface area contributed by atoms with Gasteiger partial charge in [-0.15, -0.1) is 0 Å². The first-order valence-corrected chi connectivity index (χ1v) is 12.4. The number of pyridine rings is 2. The lowest BCUT2D eigenvalue weighted by molar-refractivity contribution is -0.116. The molecular formula is C25H21ClFN3O4S. The summed E-state index contributed by atoms with van der Waals surface area (Å²) < 4.78 is 41.8. The Morgan fingerprint density at radius 3 is 2.49 bits per heavy atom. The predicted molar refractivity (Wildman–Crippen MR) is 132 cm³/mol. The zero-order chi connectivity index (χ0) is 25.5. The number of aryl methyl sites for hydroxylation is 3. The standard InChI is InChI=1S/C25H21ClFN3O4S/c1-14-4-9-21(15(2)10-14)35(33,34)22-12-30(25-18(24(22)32)7-5-16(3)28-25)13-23(31)29-17-6-8-20(27)19(26)11-17/h4-12H,13H2,1-3H3,(H,29,31). The quantitative estimate of drug-likeness (QED) is 0.421. The van der Waals surface area contributed by atoms with E-state index in [0.29, 0.717) is 11.3 Å². The predicted octanol–water partition coefficient (Wildman–Crippen LogP) is 4.59. The molecule has 0 atom stereocenters. The van der Waals surface area contributed by atoms with Crippen LogP contribution in [0.15, 0.2) is 69.3 Å². The molecule has 4 aromatic rings. The first-order chi connectivity index (χ1) is 16.5. The van der Waals surface area contributed by atoms with Crippen LogP contribution in [0.1, 0.15) is 16.8 Å². The Kier molecular flexibility index (Phi) is 6.48. The summed E-state index contributed by atoms with van der Waals surface area (Å²) in [6.45, 7) is 4.87. The third kappa shape index (κ3) is 4.82. The van der Waals surface area contributed by atoms with Crippen molar-refractivity contribution in [1.82, 2.24) is 9.55 Å². The first-order valence-electron chi connectivity index (χ1n) is 10.6. The van der Waals surface area contributed by atoms with Gasteiger partial charge in [0.15, 0.2) is 0 Å². The molecule has 180 valence electrons. The van der Waals surface area contributed by atoms with Crippen molar-refractivity contribution in [3.05, 3.63) is 92.6 Å². The molecule has 0 saturated carbocycles. The molecule has 0 aliphatic rings. The number of nitrogens with one attached hydrogen (secondary N) is 1. The molecule has 7 nitrogen and oxygen atoms in total. The highest BCUT2D eigenvalue weighted by Crippen LogP contribution is 2.25. The normalized spacial score (nSPS) is 11.6. The highest BCUT2D eigenvalue weighted by molar-refractivity contribution is 7.91. The van der Waals surface area contributed by atoms with E-state index in [4.69, 9.17) is 11.6 Å². The number of rotatable bonds is 5. The van der Waals surface area contributed by atoms with Crippen molar-refractivity contribution < 1.29 is 17.6 Å². The van der Waals surface area contributed by atoms with Crippen molar-refractivity contribution in [1.29, 1.82) is 0 Å². The number of hydrogen-bond donors (Lipinski definition) is 1. The molecule has 1 amide bonds. The van der Waals surface area contributed by atoms with Crippen LogP contribution in [0.4, 0.5) is 10.1 Å². The van der Waals surface area contributed by atoms with Crippen LogP contribution in [0.2, 0.25) is 5.02 Å². The van der Waals surface area contributed by atoms with Crippen molar-refractivity contribution in [2.24, 2.45) is 0 Å². The number of halogens is 2. The summed E-state index contributed by atoms with van der Waals surface area (Å²) in [5.74, 6) is -1.17. The molecule has 0 radical (unpaired) electrons. The second kappa shape index (κ2) is 9.24. The van der Waals surface area contributed by atoms with Crippen LogP contribution >= 0.6 is 11.6 Å². The molecule has 2 aromatic carbocycles. The van der Waals surface area contributed by atoms with Crippen LogP contribution in [-0.4, -0.2) is 23.9 Å². The molecule has 4 rings (SSSR count). The summed E-state index contributed by atoms with van der Waals surface area (Å²) in [4.78, 5) is 30.0. The number of aromatic nitrogens is 2. The SMILES string of the molecule is Cc1ccc(S(=O)(=O)c2cn(CC(=O)Nc3ccc(F)c(Cl)c3)c3nc(C)ccc3c2=O)c(C)c1. The fraction of sp³-hybridized carbons (Fsp3) is 0.160. The van der Waals surface area contributed by atoms with Crippen molar-refractivity contribution in [2.75, 3.05) is 5.32 Å². The van der Waals surface area contributed by atoms with Gasteiger partial charge in [0.2, 0.25) is 21.2 Å². The molecule has 0 fully saturated rings. The van der Waals surface area contributed by atoms with Gasteiger partial charge in [-0.25, -0.2) is 17.8 Å². The Bertz CT molecular complexity index is 1670. The zero-order valence-corrected chi connectivity index (χ0v) is 20.7. The van der Waals surface area contributed by atoms with Gasteiger partial charge < -0.3 is 9.88 Å². The molecule has 1 N–H and O–H groups in total. The maximum atomic E-state index is 13.5. The molecule has 0 aliphatic carbocycles. The van der Waals surface area contributed by atoms with Gasteiger partial charge in [0.05, 0.1) is 15.3 Å². The van der Waals surface area contributed by atoms with E-state index in [2.05, 4.69) is 10.3 Å². The lowest BCUT2D eigenvalue weighted by Crippen LogP contribution is -2.24. The van der Waals surface area contributed by atoms with Gasteiger partial charge in [-0.2, -0.15) is 0 Å². The number of hydrogen-bond acceptors (Lipinski definition) is 5. The van der Waals surface area contributed by atoms with Gasteiger partial charge in [0, 0.05) is 17.6 Å². The number of nitrogens with zero attached hydrogens (tertiary/aromatic N) is 2. The Morgan fingerprint density at radius 1 is 1.06 bits per heavy atom. The number of carbonyl (C=O) groups is 1. The van der Waals surface area contributed by atoms with Crippen LogP contribution < -0.4 is 10.7 Å². The fourth-order valence-electron chi connectivity index (χ4n) is 3.79. The molecule has 0 spiro atoms. The van der Waals surface area contributed by atoms with Gasteiger partial charge in [-0.05, 0) is 62.7 Å². The van der Waals surface area contributed by atoms with E-state index in [1.54, 1.807) is 32.0 Å². The number of anilines is 1. The molecule has 2 aromatic heterocycles. The Balaban J connectivity index is 1.83. The molecule has 35 heavy (non-hydrogen) atoms. The molecule has 0 aliphatic heterocycles. The lowest BCUT2D eigenvalue weighted by Gasteiger charge is -2.15. The third-order valence-electron chi connectivity index (χ3n) is 5.45. The maximum absolute atomic E-state index is 13.5. The van der Waals surface area contributed by atoms with E-state index in [1.807, 2.05) is 6.92 Å². The van der Waals surface area contributed by atoms with Gasteiger partial charge >= 0.3 is 0 Å². The number of fused-ring (bicyclic) bond motifs is 1. The summed E-state index contributed by atoms with van der Waals surface area (Å²) in [7, 11) is -4.20. The highest BCUT2D eigenvalue weighted by Gasteiger charge is 2.26. The van der Waals surface area contributed by atoms with E-state index < -0.39 is 31.9 Å². The third-order valence-corrected chi connectivity index (χ3v) is 7.65. The summed E-state index contributed by atoms with van der Waals surface area (Å²) in [6, 6.07) is 11.7. The first kappa shape index (κ1) is 24.6. The highest BCUT2D eigenvalue weighted by atomic mass is 35.5. The second-order valence-electron chi connectivity index (χ2n) is 8.22. The number of benzene rings is 2. The second-order valence-corrected chi connectivity index (χ2v) is 10.5. The van der Waals surface area contributed by atoms with E-state index in [9.17, 15) is 22.4 Å². The van der Waals surface area contributed by atoms with Crippen LogP contribution in [0.25, 0.3) is 11.0 Å². The molecule has 10 heteroatoms. The Hall–Kier alpha value is -3.56. The minimum atomic E-state index is -4.20. The number of sulfone groups is 1. The van der Waals surface area contributed by atoms with Gasteiger partial charge in [0.25, 0.3) is 0 Å². The molecule has 2 heterocycles. The van der Waals surface area contributed by atoms with Gasteiger partial charge in [-0.3, -0.25) is 9.59 Å². The zero-order valence-electron chi connectivity index (χ0n) is 19.1. The van der Waals surface area contributed by atoms with Crippen LogP contribution in [0, 0.1) is 26.6 Å². The minimum absolute atomic E-state index is 0.0107. The van der Waals surface area contributed by atoms with Crippen LogP contribution in [0.5, 0.6) is 0 Å². The van der Waals surface area contributed by atoms with E-state index >= 15 is 0 Å². The molecule has 0 bridgehead atoms. The van der Waals surface area contributed by atoms with Gasteiger partial charge in [0.1, 0.15) is 22.9 Å². The largest absolute Gasteiger partial charge is 0.324 e. The average molecular weight is 514 g/mol. The molecule has 0 unspecified atom stereocenters. The topological polar surface area (TPSA) is 98.1 Å². The fourth-order valence-corrected chi connectivity index (χ4v) is 5.56. The summed E-state index contributed by atoms with van der Waals surface area (Å²) >= 11 is 5.78. The van der Waals surface area contributed by atoms with E-state index in [0.717, 1.165) is 17.8 Å².